The molecule has 3 aromatic heterocycles. The molecule has 23 heavy (non-hydrogen) atoms. The SMILES string of the molecule is O=C(O)c1ccc(NC(=O)c2cccc(-n3ccnc3)n2)cn1. The summed E-state index contributed by atoms with van der Waals surface area (Å²) in [6, 6.07) is 7.82. The molecule has 0 spiro atoms. The van der Waals surface area contributed by atoms with E-state index >= 15 is 0 Å². The molecule has 3 rings (SSSR count). The van der Waals surface area contributed by atoms with Gasteiger partial charge in [-0.25, -0.2) is 19.7 Å². The van der Waals surface area contributed by atoms with Gasteiger partial charge in [-0.3, -0.25) is 9.36 Å². The largest absolute Gasteiger partial charge is 0.477 e. The Morgan fingerprint density at radius 1 is 1.13 bits per heavy atom. The van der Waals surface area contributed by atoms with Gasteiger partial charge in [-0.2, -0.15) is 0 Å². The molecule has 0 aliphatic heterocycles. The fourth-order valence-electron chi connectivity index (χ4n) is 1.88. The van der Waals surface area contributed by atoms with Gasteiger partial charge in [0.05, 0.1) is 11.9 Å². The maximum absolute atomic E-state index is 12.2. The van der Waals surface area contributed by atoms with Crippen LogP contribution in [0.25, 0.3) is 5.82 Å². The predicted molar refractivity (Wildman–Crippen MR) is 80.5 cm³/mol. The molecule has 0 fully saturated rings. The van der Waals surface area contributed by atoms with E-state index in [9.17, 15) is 9.59 Å². The van der Waals surface area contributed by atoms with Crippen molar-refractivity contribution in [1.29, 1.82) is 0 Å². The molecule has 0 saturated carbocycles. The van der Waals surface area contributed by atoms with Gasteiger partial charge in [0.2, 0.25) is 0 Å². The highest BCUT2D eigenvalue weighted by Crippen LogP contribution is 2.10. The summed E-state index contributed by atoms with van der Waals surface area (Å²) < 4.78 is 1.68. The van der Waals surface area contributed by atoms with Crippen LogP contribution < -0.4 is 5.32 Å². The number of nitrogens with zero attached hydrogens (tertiary/aromatic N) is 4. The first-order valence-corrected chi connectivity index (χ1v) is 6.59. The highest BCUT2D eigenvalue weighted by atomic mass is 16.4. The Balaban J connectivity index is 1.78. The van der Waals surface area contributed by atoms with Gasteiger partial charge < -0.3 is 10.4 Å². The van der Waals surface area contributed by atoms with Crippen LogP contribution in [-0.4, -0.2) is 36.5 Å². The Morgan fingerprint density at radius 2 is 2.00 bits per heavy atom. The molecule has 0 saturated heterocycles. The van der Waals surface area contributed by atoms with Crippen LogP contribution in [0.15, 0.2) is 55.2 Å². The fraction of sp³-hybridized carbons (Fsp3) is 0. The minimum absolute atomic E-state index is 0.0942. The number of carboxylic acid groups (broad SMARTS) is 1. The van der Waals surface area contributed by atoms with Gasteiger partial charge in [0.25, 0.3) is 5.91 Å². The molecule has 1 amide bonds. The van der Waals surface area contributed by atoms with E-state index in [0.717, 1.165) is 0 Å². The van der Waals surface area contributed by atoms with E-state index < -0.39 is 11.9 Å². The second-order valence-electron chi connectivity index (χ2n) is 4.54. The van der Waals surface area contributed by atoms with Crippen LogP contribution in [-0.2, 0) is 0 Å². The third-order valence-electron chi connectivity index (χ3n) is 2.98. The summed E-state index contributed by atoms with van der Waals surface area (Å²) in [5.74, 6) is -0.982. The molecule has 0 aliphatic rings. The average Bonchev–Trinajstić information content (AvgIpc) is 3.10. The number of aromatic nitrogens is 4. The van der Waals surface area contributed by atoms with Gasteiger partial charge in [0.15, 0.2) is 0 Å². The van der Waals surface area contributed by atoms with Crippen molar-refractivity contribution in [3.63, 3.8) is 0 Å². The van der Waals surface area contributed by atoms with Gasteiger partial charge in [0, 0.05) is 12.4 Å². The first-order valence-electron chi connectivity index (χ1n) is 6.59. The van der Waals surface area contributed by atoms with Crippen molar-refractivity contribution in [2.24, 2.45) is 0 Å². The Morgan fingerprint density at radius 3 is 2.65 bits per heavy atom. The number of carbonyl (C=O) groups excluding carboxylic acids is 1. The zero-order chi connectivity index (χ0) is 16.2. The molecule has 0 bridgehead atoms. The van der Waals surface area contributed by atoms with E-state index in [1.807, 2.05) is 0 Å². The van der Waals surface area contributed by atoms with E-state index in [-0.39, 0.29) is 11.4 Å². The number of aromatic carboxylic acids is 1. The lowest BCUT2D eigenvalue weighted by Crippen LogP contribution is -2.15. The van der Waals surface area contributed by atoms with E-state index in [0.29, 0.717) is 11.5 Å². The second kappa shape index (κ2) is 6.06. The monoisotopic (exact) mass is 309 g/mol. The number of hydrogen-bond acceptors (Lipinski definition) is 5. The zero-order valence-corrected chi connectivity index (χ0v) is 11.7. The van der Waals surface area contributed by atoms with Gasteiger partial charge in [-0.1, -0.05) is 6.07 Å². The van der Waals surface area contributed by atoms with E-state index in [4.69, 9.17) is 5.11 Å². The molecule has 0 aromatic carbocycles. The molecule has 0 atom stereocenters. The lowest BCUT2D eigenvalue weighted by molar-refractivity contribution is 0.0690. The van der Waals surface area contributed by atoms with Crippen molar-refractivity contribution in [2.45, 2.75) is 0 Å². The maximum Gasteiger partial charge on any atom is 0.354 e. The van der Waals surface area contributed by atoms with Crippen molar-refractivity contribution in [1.82, 2.24) is 19.5 Å². The third kappa shape index (κ3) is 3.21. The molecule has 2 N–H and O–H groups in total. The van der Waals surface area contributed by atoms with Crippen LogP contribution in [0, 0.1) is 0 Å². The van der Waals surface area contributed by atoms with E-state index in [1.165, 1.54) is 18.3 Å². The van der Waals surface area contributed by atoms with Crippen molar-refractivity contribution >= 4 is 17.6 Å². The molecule has 114 valence electrons. The zero-order valence-electron chi connectivity index (χ0n) is 11.7. The average molecular weight is 309 g/mol. The number of rotatable bonds is 4. The van der Waals surface area contributed by atoms with Gasteiger partial charge >= 0.3 is 5.97 Å². The quantitative estimate of drug-likeness (QED) is 0.757. The van der Waals surface area contributed by atoms with Crippen LogP contribution in [0.2, 0.25) is 0 Å². The van der Waals surface area contributed by atoms with Crippen LogP contribution >= 0.6 is 0 Å². The summed E-state index contributed by atoms with van der Waals surface area (Å²) in [5.41, 5.74) is 0.511. The van der Waals surface area contributed by atoms with Crippen LogP contribution in [0.5, 0.6) is 0 Å². The molecule has 8 nitrogen and oxygen atoms in total. The number of pyridine rings is 2. The lowest BCUT2D eigenvalue weighted by Gasteiger charge is -2.06. The molecule has 0 unspecified atom stereocenters. The smallest absolute Gasteiger partial charge is 0.354 e. The number of imidazole rings is 1. The molecular formula is C15H11N5O3. The Labute approximate surface area is 130 Å². The van der Waals surface area contributed by atoms with Gasteiger partial charge in [0.1, 0.15) is 23.5 Å². The second-order valence-corrected chi connectivity index (χ2v) is 4.54. The van der Waals surface area contributed by atoms with Crippen LogP contribution in [0.3, 0.4) is 0 Å². The Kier molecular flexibility index (Phi) is 3.79. The number of carboxylic acids is 1. The van der Waals surface area contributed by atoms with Gasteiger partial charge in [-0.15, -0.1) is 0 Å². The van der Waals surface area contributed by atoms with Crippen molar-refractivity contribution in [3.05, 3.63) is 66.6 Å². The topological polar surface area (TPSA) is 110 Å². The molecule has 0 aliphatic carbocycles. The summed E-state index contributed by atoms with van der Waals surface area (Å²) in [5, 5.41) is 11.4. The highest BCUT2D eigenvalue weighted by Gasteiger charge is 2.10. The lowest BCUT2D eigenvalue weighted by atomic mass is 10.3. The molecule has 8 heteroatoms. The number of anilines is 1. The number of carbonyl (C=O) groups is 2. The van der Waals surface area contributed by atoms with Crippen molar-refractivity contribution in [2.75, 3.05) is 5.32 Å². The summed E-state index contributed by atoms with van der Waals surface area (Å²) >= 11 is 0. The maximum atomic E-state index is 12.2. The van der Waals surface area contributed by atoms with Gasteiger partial charge in [-0.05, 0) is 24.3 Å². The first kappa shape index (κ1) is 14.4. The van der Waals surface area contributed by atoms with Crippen LogP contribution in [0.4, 0.5) is 5.69 Å². The third-order valence-corrected chi connectivity index (χ3v) is 2.98. The minimum atomic E-state index is -1.13. The van der Waals surface area contributed by atoms with Crippen molar-refractivity contribution < 1.29 is 14.7 Å². The molecule has 0 radical (unpaired) electrons. The van der Waals surface area contributed by atoms with Crippen molar-refractivity contribution in [3.8, 4) is 5.82 Å². The highest BCUT2D eigenvalue weighted by molar-refractivity contribution is 6.03. The predicted octanol–water partition coefficient (Wildman–Crippen LogP) is 1.61. The molecule has 3 heterocycles. The number of nitrogens with one attached hydrogen (secondary N) is 1. The summed E-state index contributed by atoms with van der Waals surface area (Å²) in [4.78, 5) is 34.9. The molecule has 3 aromatic rings. The van der Waals surface area contributed by atoms with Crippen LogP contribution in [0.1, 0.15) is 21.0 Å². The Bertz CT molecular complexity index is 844. The standard InChI is InChI=1S/C15H11N5O3/c21-14(18-10-4-5-12(15(22)23)17-8-10)11-2-1-3-13(19-11)20-7-6-16-9-20/h1-9H,(H,18,21)(H,22,23). The minimum Gasteiger partial charge on any atom is -0.477 e. The summed E-state index contributed by atoms with van der Waals surface area (Å²) in [7, 11) is 0. The molecular weight excluding hydrogens is 298 g/mol. The normalized spacial score (nSPS) is 10.3. The number of amides is 1. The first-order chi connectivity index (χ1) is 11.1. The van der Waals surface area contributed by atoms with E-state index in [1.54, 1.807) is 41.5 Å². The number of hydrogen-bond donors (Lipinski definition) is 2. The Hall–Kier alpha value is -3.55. The fourth-order valence-corrected chi connectivity index (χ4v) is 1.88. The summed E-state index contributed by atoms with van der Waals surface area (Å²) in [6.45, 7) is 0. The van der Waals surface area contributed by atoms with E-state index in [2.05, 4.69) is 20.3 Å². The summed E-state index contributed by atoms with van der Waals surface area (Å²) in [6.07, 6.45) is 6.20.